The highest BCUT2D eigenvalue weighted by Crippen LogP contribution is 2.32. The summed E-state index contributed by atoms with van der Waals surface area (Å²) in [7, 11) is 0. The van der Waals surface area contributed by atoms with E-state index in [4.69, 9.17) is 4.42 Å². The Morgan fingerprint density at radius 2 is 1.57 bits per heavy atom. The molecule has 1 heterocycles. The smallest absolute Gasteiger partial charge is 0.334 e. The van der Waals surface area contributed by atoms with E-state index in [1.54, 1.807) is 48.5 Å². The first kappa shape index (κ1) is 19.4. The number of carboxylic acid groups (broad SMARTS) is 1. The van der Waals surface area contributed by atoms with Crippen LogP contribution in [0.25, 0.3) is 21.9 Å². The number of carbonyl (C=O) groups is 3. The van der Waals surface area contributed by atoms with E-state index in [0.717, 1.165) is 10.8 Å². The monoisotopic (exact) mass is 401 g/mol. The summed E-state index contributed by atoms with van der Waals surface area (Å²) >= 11 is 0. The lowest BCUT2D eigenvalue weighted by molar-refractivity contribution is -0.147. The summed E-state index contributed by atoms with van der Waals surface area (Å²) in [5.41, 5.74) is 0.163. The Labute approximate surface area is 172 Å². The van der Waals surface area contributed by atoms with E-state index in [1.807, 2.05) is 24.3 Å². The average Bonchev–Trinajstić information content (AvgIpc) is 3.11. The molecule has 0 bridgehead atoms. The number of rotatable bonds is 6. The van der Waals surface area contributed by atoms with Crippen molar-refractivity contribution in [3.63, 3.8) is 0 Å². The number of hydrogen-bond acceptors (Lipinski definition) is 4. The van der Waals surface area contributed by atoms with E-state index in [1.165, 1.54) is 6.92 Å². The Bertz CT molecular complexity index is 1270. The Balaban J connectivity index is 1.78. The number of amides is 1. The molecule has 4 rings (SSSR count). The minimum absolute atomic E-state index is 0.330. The van der Waals surface area contributed by atoms with Gasteiger partial charge >= 0.3 is 5.97 Å². The van der Waals surface area contributed by atoms with Crippen LogP contribution in [0.4, 0.5) is 0 Å². The molecule has 150 valence electrons. The Morgan fingerprint density at radius 1 is 0.900 bits per heavy atom. The lowest BCUT2D eigenvalue weighted by Crippen LogP contribution is -2.52. The molecule has 0 saturated carbocycles. The van der Waals surface area contributed by atoms with Crippen molar-refractivity contribution in [1.29, 1.82) is 0 Å². The standard InChI is InChI=1S/C24H19NO5/c1-15(26)25-24(23(28)29,17-7-3-2-4-8-17)14-20(27)16-11-12-22-19(13-16)18-9-5-6-10-21(18)30-22/h2-13H,14H2,1H3,(H,25,26)(H,28,29)/t24-/m0/s1. The lowest BCUT2D eigenvalue weighted by Gasteiger charge is -2.30. The zero-order chi connectivity index (χ0) is 21.3. The number of aliphatic carboxylic acids is 1. The number of ketones is 1. The number of furan rings is 1. The highest BCUT2D eigenvalue weighted by Gasteiger charge is 2.43. The minimum atomic E-state index is -1.86. The largest absolute Gasteiger partial charge is 0.479 e. The predicted molar refractivity (Wildman–Crippen MR) is 112 cm³/mol. The van der Waals surface area contributed by atoms with Gasteiger partial charge in [0.05, 0.1) is 0 Å². The van der Waals surface area contributed by atoms with Crippen molar-refractivity contribution in [2.24, 2.45) is 0 Å². The Morgan fingerprint density at radius 3 is 2.27 bits per heavy atom. The third-order valence-electron chi connectivity index (χ3n) is 5.15. The minimum Gasteiger partial charge on any atom is -0.479 e. The summed E-state index contributed by atoms with van der Waals surface area (Å²) in [6, 6.07) is 20.8. The van der Waals surface area contributed by atoms with Gasteiger partial charge in [0.1, 0.15) is 11.2 Å². The third kappa shape index (κ3) is 3.33. The molecule has 6 heteroatoms. The number of Topliss-reactive ketones (excluding diaryl/α,β-unsaturated/α-hetero) is 1. The van der Waals surface area contributed by atoms with E-state index < -0.39 is 29.6 Å². The summed E-state index contributed by atoms with van der Waals surface area (Å²) in [5, 5.41) is 14.2. The van der Waals surface area contributed by atoms with Gasteiger partial charge in [-0.2, -0.15) is 0 Å². The number of hydrogen-bond donors (Lipinski definition) is 2. The van der Waals surface area contributed by atoms with E-state index >= 15 is 0 Å². The molecule has 0 aliphatic heterocycles. The van der Waals surface area contributed by atoms with Crippen LogP contribution in [-0.4, -0.2) is 22.8 Å². The maximum absolute atomic E-state index is 13.2. The van der Waals surface area contributed by atoms with Crippen LogP contribution in [0.2, 0.25) is 0 Å². The molecule has 1 aromatic heterocycles. The second-order valence-corrected chi connectivity index (χ2v) is 7.17. The van der Waals surface area contributed by atoms with Crippen LogP contribution < -0.4 is 5.32 Å². The number of benzene rings is 3. The summed E-state index contributed by atoms with van der Waals surface area (Å²) in [6.45, 7) is 1.23. The molecule has 0 aliphatic carbocycles. The number of nitrogens with one attached hydrogen (secondary N) is 1. The van der Waals surface area contributed by atoms with Crippen molar-refractivity contribution < 1.29 is 23.9 Å². The third-order valence-corrected chi connectivity index (χ3v) is 5.15. The van der Waals surface area contributed by atoms with Crippen LogP contribution in [0.3, 0.4) is 0 Å². The van der Waals surface area contributed by atoms with Gasteiger partial charge in [0.25, 0.3) is 0 Å². The maximum atomic E-state index is 13.2. The van der Waals surface area contributed by atoms with Gasteiger partial charge in [-0.15, -0.1) is 0 Å². The summed E-state index contributed by atoms with van der Waals surface area (Å²) < 4.78 is 5.79. The summed E-state index contributed by atoms with van der Waals surface area (Å²) in [5.74, 6) is -2.24. The molecule has 0 spiro atoms. The van der Waals surface area contributed by atoms with Crippen molar-refractivity contribution >= 4 is 39.6 Å². The van der Waals surface area contributed by atoms with Gasteiger partial charge in [0.2, 0.25) is 5.91 Å². The first-order valence-electron chi connectivity index (χ1n) is 9.43. The van der Waals surface area contributed by atoms with Crippen LogP contribution in [0.15, 0.2) is 77.2 Å². The number of carboxylic acids is 1. The molecular weight excluding hydrogens is 382 g/mol. The molecule has 0 aliphatic rings. The van der Waals surface area contributed by atoms with Crippen molar-refractivity contribution in [2.45, 2.75) is 18.9 Å². The van der Waals surface area contributed by atoms with Gasteiger partial charge in [-0.3, -0.25) is 9.59 Å². The van der Waals surface area contributed by atoms with Gasteiger partial charge in [0.15, 0.2) is 11.3 Å². The summed E-state index contributed by atoms with van der Waals surface area (Å²) in [4.78, 5) is 37.3. The molecule has 6 nitrogen and oxygen atoms in total. The molecular formula is C24H19NO5. The summed E-state index contributed by atoms with van der Waals surface area (Å²) in [6.07, 6.45) is -0.423. The Kier molecular flexibility index (Phi) is 4.83. The molecule has 4 aromatic rings. The average molecular weight is 401 g/mol. The van der Waals surface area contributed by atoms with Crippen molar-refractivity contribution in [3.05, 3.63) is 83.9 Å². The van der Waals surface area contributed by atoms with Gasteiger partial charge in [0, 0.05) is 29.7 Å². The van der Waals surface area contributed by atoms with Gasteiger partial charge < -0.3 is 14.8 Å². The van der Waals surface area contributed by atoms with Crippen LogP contribution in [0.1, 0.15) is 29.3 Å². The van der Waals surface area contributed by atoms with E-state index in [-0.39, 0.29) is 0 Å². The molecule has 2 N–H and O–H groups in total. The van der Waals surface area contributed by atoms with Gasteiger partial charge in [-0.05, 0) is 29.8 Å². The molecule has 3 aromatic carbocycles. The molecule has 1 amide bonds. The second-order valence-electron chi connectivity index (χ2n) is 7.17. The predicted octanol–water partition coefficient (Wildman–Crippen LogP) is 4.28. The van der Waals surface area contributed by atoms with Crippen LogP contribution >= 0.6 is 0 Å². The second kappa shape index (κ2) is 7.48. The van der Waals surface area contributed by atoms with E-state index in [0.29, 0.717) is 22.3 Å². The van der Waals surface area contributed by atoms with Crippen molar-refractivity contribution in [1.82, 2.24) is 5.32 Å². The SMILES string of the molecule is CC(=O)N[C@](CC(=O)c1ccc2oc3ccccc3c2c1)(C(=O)O)c1ccccc1. The van der Waals surface area contributed by atoms with Gasteiger partial charge in [-0.1, -0.05) is 48.5 Å². The van der Waals surface area contributed by atoms with Crippen molar-refractivity contribution in [2.75, 3.05) is 0 Å². The van der Waals surface area contributed by atoms with Crippen molar-refractivity contribution in [3.8, 4) is 0 Å². The molecule has 0 unspecified atom stereocenters. The molecule has 0 radical (unpaired) electrons. The normalized spacial score (nSPS) is 13.1. The number of carbonyl (C=O) groups excluding carboxylic acids is 2. The highest BCUT2D eigenvalue weighted by atomic mass is 16.4. The van der Waals surface area contributed by atoms with Crippen LogP contribution in [0, 0.1) is 0 Å². The van der Waals surface area contributed by atoms with Crippen LogP contribution in [-0.2, 0) is 15.1 Å². The first-order chi connectivity index (χ1) is 14.4. The van der Waals surface area contributed by atoms with Crippen LogP contribution in [0.5, 0.6) is 0 Å². The maximum Gasteiger partial charge on any atom is 0.334 e. The number of fused-ring (bicyclic) bond motifs is 3. The fourth-order valence-corrected chi connectivity index (χ4v) is 3.74. The van der Waals surface area contributed by atoms with E-state index in [9.17, 15) is 19.5 Å². The fourth-order valence-electron chi connectivity index (χ4n) is 3.74. The molecule has 0 saturated heterocycles. The molecule has 1 atom stereocenters. The molecule has 30 heavy (non-hydrogen) atoms. The topological polar surface area (TPSA) is 96.6 Å². The first-order valence-corrected chi connectivity index (χ1v) is 9.43. The van der Waals surface area contributed by atoms with E-state index in [2.05, 4.69) is 5.32 Å². The number of para-hydroxylation sites is 1. The fraction of sp³-hybridized carbons (Fsp3) is 0.125. The zero-order valence-corrected chi connectivity index (χ0v) is 16.2. The zero-order valence-electron chi connectivity index (χ0n) is 16.2. The molecule has 0 fully saturated rings. The Hall–Kier alpha value is -3.93. The lowest BCUT2D eigenvalue weighted by atomic mass is 9.83. The highest BCUT2D eigenvalue weighted by molar-refractivity contribution is 6.09. The van der Waals surface area contributed by atoms with Gasteiger partial charge in [-0.25, -0.2) is 4.79 Å². The quantitative estimate of drug-likeness (QED) is 0.470.